The first-order valence-electron chi connectivity index (χ1n) is 7.12. The highest BCUT2D eigenvalue weighted by Gasteiger charge is 2.44. The van der Waals surface area contributed by atoms with Crippen LogP contribution in [0.15, 0.2) is 24.3 Å². The molecule has 1 aliphatic heterocycles. The van der Waals surface area contributed by atoms with Crippen molar-refractivity contribution in [1.82, 2.24) is 5.32 Å². The molecule has 23 heavy (non-hydrogen) atoms. The van der Waals surface area contributed by atoms with E-state index in [1.165, 1.54) is 6.92 Å². The second-order valence-electron chi connectivity index (χ2n) is 5.32. The number of amides is 1. The van der Waals surface area contributed by atoms with Gasteiger partial charge in [-0.15, -0.1) is 0 Å². The number of carbonyl (C=O) groups is 1. The normalized spacial score (nSPS) is 30.3. The number of benzene rings is 1. The Labute approximate surface area is 133 Å². The number of hydrogen-bond donors (Lipinski definition) is 5. The molecule has 8 nitrogen and oxygen atoms in total. The molecule has 5 N–H and O–H groups in total. The van der Waals surface area contributed by atoms with Crippen LogP contribution in [0.3, 0.4) is 0 Å². The molecule has 1 fully saturated rings. The van der Waals surface area contributed by atoms with Crippen LogP contribution in [-0.2, 0) is 9.53 Å². The highest BCUT2D eigenvalue weighted by molar-refractivity contribution is 5.73. The summed E-state index contributed by atoms with van der Waals surface area (Å²) in [5.41, 5.74) is 1.09. The van der Waals surface area contributed by atoms with E-state index in [0.29, 0.717) is 11.3 Å². The first-order chi connectivity index (χ1) is 11.0. The zero-order valence-corrected chi connectivity index (χ0v) is 12.5. The van der Waals surface area contributed by atoms with Crippen molar-refractivity contribution in [2.45, 2.75) is 37.5 Å². The van der Waals surface area contributed by atoms with Crippen LogP contribution in [0.2, 0.25) is 0 Å². The first-order valence-corrected chi connectivity index (χ1v) is 7.12. The van der Waals surface area contributed by atoms with E-state index in [-0.39, 0.29) is 5.91 Å². The molecule has 0 aromatic heterocycles. The predicted octanol–water partition coefficient (Wildman–Crippen LogP) is -1.09. The van der Waals surface area contributed by atoms with Gasteiger partial charge in [0.2, 0.25) is 5.91 Å². The molecule has 1 amide bonds. The highest BCUT2D eigenvalue weighted by atomic mass is 16.5. The van der Waals surface area contributed by atoms with E-state index >= 15 is 0 Å². The quantitative estimate of drug-likeness (QED) is 0.476. The smallest absolute Gasteiger partial charge is 0.217 e. The van der Waals surface area contributed by atoms with Gasteiger partial charge in [0.1, 0.15) is 24.4 Å². The fourth-order valence-corrected chi connectivity index (χ4v) is 2.44. The minimum Gasteiger partial charge on any atom is -0.394 e. The van der Waals surface area contributed by atoms with Crippen LogP contribution >= 0.6 is 0 Å². The van der Waals surface area contributed by atoms with Gasteiger partial charge in [0.15, 0.2) is 6.23 Å². The summed E-state index contributed by atoms with van der Waals surface area (Å²) in [6.45, 7) is 0.812. The van der Waals surface area contributed by atoms with E-state index in [1.54, 1.807) is 24.3 Å². The lowest BCUT2D eigenvalue weighted by Crippen LogP contribution is -2.65. The number of nitrogens with one attached hydrogen (secondary N) is 2. The van der Waals surface area contributed by atoms with Gasteiger partial charge in [-0.25, -0.2) is 0 Å². The van der Waals surface area contributed by atoms with E-state index in [1.807, 2.05) is 6.07 Å². The zero-order valence-electron chi connectivity index (χ0n) is 12.5. The summed E-state index contributed by atoms with van der Waals surface area (Å²) in [7, 11) is 0. The number of aliphatic hydroxyl groups excluding tert-OH is 3. The zero-order chi connectivity index (χ0) is 17.0. The molecule has 1 saturated heterocycles. The van der Waals surface area contributed by atoms with Crippen LogP contribution in [0.5, 0.6) is 0 Å². The molecule has 124 valence electrons. The van der Waals surface area contributed by atoms with Crippen LogP contribution in [0.25, 0.3) is 0 Å². The summed E-state index contributed by atoms with van der Waals surface area (Å²) in [4.78, 5) is 11.3. The lowest BCUT2D eigenvalue weighted by Gasteiger charge is -2.43. The summed E-state index contributed by atoms with van der Waals surface area (Å²) >= 11 is 0. The molecule has 1 aromatic rings. The predicted molar refractivity (Wildman–Crippen MR) is 80.1 cm³/mol. The van der Waals surface area contributed by atoms with Gasteiger partial charge in [-0.1, -0.05) is 0 Å². The molecular formula is C15H19N3O5. The molecule has 1 aromatic carbocycles. The summed E-state index contributed by atoms with van der Waals surface area (Å²) in [6.07, 6.45) is -4.47. The number of hydrogen-bond acceptors (Lipinski definition) is 7. The number of aliphatic hydroxyl groups is 3. The van der Waals surface area contributed by atoms with E-state index in [2.05, 4.69) is 10.6 Å². The Morgan fingerprint density at radius 3 is 2.48 bits per heavy atom. The summed E-state index contributed by atoms with van der Waals surface area (Å²) in [6, 6.07) is 7.61. The highest BCUT2D eigenvalue weighted by Crippen LogP contribution is 2.23. The van der Waals surface area contributed by atoms with Gasteiger partial charge >= 0.3 is 0 Å². The van der Waals surface area contributed by atoms with Gasteiger partial charge < -0.3 is 30.7 Å². The monoisotopic (exact) mass is 321 g/mol. The second-order valence-corrected chi connectivity index (χ2v) is 5.32. The Kier molecular flexibility index (Phi) is 5.52. The summed E-state index contributed by atoms with van der Waals surface area (Å²) in [5.74, 6) is -0.390. The van der Waals surface area contributed by atoms with E-state index in [4.69, 9.17) is 10.00 Å². The number of anilines is 1. The summed E-state index contributed by atoms with van der Waals surface area (Å²) < 4.78 is 5.54. The lowest BCUT2D eigenvalue weighted by molar-refractivity contribution is -0.188. The molecule has 4 unspecified atom stereocenters. The molecule has 0 bridgehead atoms. The standard InChI is InChI=1S/C15H19N3O5/c1-8(20)17-12-14(22)13(21)11(7-19)23-15(12)18-10-4-2-9(6-16)3-5-10/h2-5,11-15,18-19,21-22H,7H2,1H3,(H,17,20)/t11?,12-,13?,14?,15?/m0/s1. The number of rotatable bonds is 4. The fourth-order valence-electron chi connectivity index (χ4n) is 2.44. The van der Waals surface area contributed by atoms with Gasteiger partial charge in [0.05, 0.1) is 18.2 Å². The molecule has 0 spiro atoms. The van der Waals surface area contributed by atoms with Crippen molar-refractivity contribution in [3.63, 3.8) is 0 Å². The minimum absolute atomic E-state index is 0.390. The Morgan fingerprint density at radius 2 is 1.96 bits per heavy atom. The van der Waals surface area contributed by atoms with Crippen molar-refractivity contribution < 1.29 is 24.9 Å². The van der Waals surface area contributed by atoms with Gasteiger partial charge in [-0.3, -0.25) is 4.79 Å². The topological polar surface area (TPSA) is 135 Å². The Hall–Kier alpha value is -2.18. The number of ether oxygens (including phenoxy) is 1. The van der Waals surface area contributed by atoms with Crippen molar-refractivity contribution in [1.29, 1.82) is 5.26 Å². The van der Waals surface area contributed by atoms with Crippen LogP contribution < -0.4 is 10.6 Å². The Morgan fingerprint density at radius 1 is 1.30 bits per heavy atom. The molecule has 8 heteroatoms. The maximum atomic E-state index is 11.3. The molecule has 1 heterocycles. The van der Waals surface area contributed by atoms with Crippen molar-refractivity contribution in [2.24, 2.45) is 0 Å². The van der Waals surface area contributed by atoms with Gasteiger partial charge in [-0.2, -0.15) is 5.26 Å². The van der Waals surface area contributed by atoms with Gasteiger partial charge in [0, 0.05) is 12.6 Å². The number of carbonyl (C=O) groups excluding carboxylic acids is 1. The van der Waals surface area contributed by atoms with Crippen molar-refractivity contribution in [3.8, 4) is 6.07 Å². The van der Waals surface area contributed by atoms with Crippen LogP contribution in [0.4, 0.5) is 5.69 Å². The minimum atomic E-state index is -1.32. The third-order valence-electron chi connectivity index (χ3n) is 3.62. The van der Waals surface area contributed by atoms with Crippen LogP contribution in [0, 0.1) is 11.3 Å². The number of nitriles is 1. The Balaban J connectivity index is 2.19. The largest absolute Gasteiger partial charge is 0.394 e. The van der Waals surface area contributed by atoms with Crippen LogP contribution in [-0.4, -0.2) is 58.4 Å². The molecule has 0 aliphatic carbocycles. The SMILES string of the molecule is CC(=O)N[C@@H]1C(Nc2ccc(C#N)cc2)OC(CO)C(O)C1O. The van der Waals surface area contributed by atoms with E-state index in [0.717, 1.165) is 0 Å². The second kappa shape index (κ2) is 7.39. The van der Waals surface area contributed by atoms with E-state index < -0.39 is 37.2 Å². The molecule has 0 saturated carbocycles. The van der Waals surface area contributed by atoms with Gasteiger partial charge in [-0.05, 0) is 24.3 Å². The molecule has 2 rings (SSSR count). The van der Waals surface area contributed by atoms with Crippen molar-refractivity contribution >= 4 is 11.6 Å². The van der Waals surface area contributed by atoms with Crippen molar-refractivity contribution in [2.75, 3.05) is 11.9 Å². The maximum Gasteiger partial charge on any atom is 0.217 e. The third kappa shape index (κ3) is 3.97. The number of nitrogens with zero attached hydrogens (tertiary/aromatic N) is 1. The average Bonchev–Trinajstić information content (AvgIpc) is 2.54. The molecule has 1 aliphatic rings. The van der Waals surface area contributed by atoms with Crippen molar-refractivity contribution in [3.05, 3.63) is 29.8 Å². The first kappa shape index (κ1) is 17.2. The fraction of sp³-hybridized carbons (Fsp3) is 0.467. The maximum absolute atomic E-state index is 11.3. The van der Waals surface area contributed by atoms with Crippen LogP contribution in [0.1, 0.15) is 12.5 Å². The lowest BCUT2D eigenvalue weighted by atomic mass is 9.95. The molecule has 5 atom stereocenters. The molecular weight excluding hydrogens is 302 g/mol. The summed E-state index contributed by atoms with van der Waals surface area (Å²) in [5, 5.41) is 43.6. The molecule has 0 radical (unpaired) electrons. The average molecular weight is 321 g/mol. The van der Waals surface area contributed by atoms with E-state index in [9.17, 15) is 20.1 Å². The third-order valence-corrected chi connectivity index (χ3v) is 3.62. The Bertz CT molecular complexity index is 586. The van der Waals surface area contributed by atoms with Gasteiger partial charge in [0.25, 0.3) is 0 Å².